The normalized spacial score (nSPS) is 13.5. The molecule has 61 valence electrons. The average Bonchev–Trinajstić information content (AvgIpc) is 1.99. The highest BCUT2D eigenvalue weighted by Crippen LogP contribution is 2.08. The molecule has 1 nitrogen and oxygen atoms in total. The Morgan fingerprint density at radius 2 is 2.10 bits per heavy atom. The van der Waals surface area contributed by atoms with Crippen LogP contribution in [0.3, 0.4) is 0 Å². The van der Waals surface area contributed by atoms with E-state index in [0.717, 1.165) is 12.8 Å². The van der Waals surface area contributed by atoms with Gasteiger partial charge < -0.3 is 4.74 Å². The summed E-state index contributed by atoms with van der Waals surface area (Å²) >= 11 is 0. The SMILES string of the molecule is [CH2]CCCCC(CC)OC. The van der Waals surface area contributed by atoms with Crippen molar-refractivity contribution < 1.29 is 4.74 Å². The van der Waals surface area contributed by atoms with Crippen LogP contribution in [0.2, 0.25) is 0 Å². The maximum absolute atomic E-state index is 5.23. The molecule has 0 fully saturated rings. The minimum Gasteiger partial charge on any atom is -0.381 e. The van der Waals surface area contributed by atoms with Gasteiger partial charge in [-0.3, -0.25) is 0 Å². The molecule has 0 aliphatic rings. The second-order valence-electron chi connectivity index (χ2n) is 2.62. The maximum atomic E-state index is 5.23. The summed E-state index contributed by atoms with van der Waals surface area (Å²) in [5.74, 6) is 0. The Labute approximate surface area is 64.8 Å². The molecular weight excluding hydrogens is 124 g/mol. The van der Waals surface area contributed by atoms with Crippen LogP contribution < -0.4 is 0 Å². The third-order valence-corrected chi connectivity index (χ3v) is 1.81. The molecule has 0 aromatic carbocycles. The van der Waals surface area contributed by atoms with Gasteiger partial charge in [-0.25, -0.2) is 0 Å². The van der Waals surface area contributed by atoms with Crippen molar-refractivity contribution in [2.24, 2.45) is 0 Å². The first kappa shape index (κ1) is 9.96. The quantitative estimate of drug-likeness (QED) is 0.519. The van der Waals surface area contributed by atoms with Crippen LogP contribution in [0.5, 0.6) is 0 Å². The molecule has 0 saturated heterocycles. The fraction of sp³-hybridized carbons (Fsp3) is 0.889. The minimum atomic E-state index is 0.478. The molecule has 0 heterocycles. The van der Waals surface area contributed by atoms with Crippen LogP contribution in [-0.4, -0.2) is 13.2 Å². The summed E-state index contributed by atoms with van der Waals surface area (Å²) in [5.41, 5.74) is 0. The summed E-state index contributed by atoms with van der Waals surface area (Å²) in [6, 6.07) is 0. The molecule has 0 N–H and O–H groups in total. The fourth-order valence-electron chi connectivity index (χ4n) is 1.04. The lowest BCUT2D eigenvalue weighted by atomic mass is 10.1. The highest BCUT2D eigenvalue weighted by molar-refractivity contribution is 4.54. The third-order valence-electron chi connectivity index (χ3n) is 1.81. The lowest BCUT2D eigenvalue weighted by Gasteiger charge is -2.11. The van der Waals surface area contributed by atoms with E-state index >= 15 is 0 Å². The highest BCUT2D eigenvalue weighted by Gasteiger charge is 2.01. The van der Waals surface area contributed by atoms with Crippen molar-refractivity contribution >= 4 is 0 Å². The number of rotatable bonds is 6. The van der Waals surface area contributed by atoms with Crippen molar-refractivity contribution in [1.82, 2.24) is 0 Å². The standard InChI is InChI=1S/C9H19O/c1-4-6-7-8-9(5-2)10-3/h9H,1,4-8H2,2-3H3. The van der Waals surface area contributed by atoms with Gasteiger partial charge in [0.05, 0.1) is 6.10 Å². The van der Waals surface area contributed by atoms with Crippen LogP contribution in [0.1, 0.15) is 39.0 Å². The summed E-state index contributed by atoms with van der Waals surface area (Å²) < 4.78 is 5.23. The monoisotopic (exact) mass is 143 g/mol. The zero-order valence-electron chi connectivity index (χ0n) is 7.23. The Hall–Kier alpha value is -0.0400. The molecule has 0 amide bonds. The topological polar surface area (TPSA) is 9.23 Å². The summed E-state index contributed by atoms with van der Waals surface area (Å²) in [4.78, 5) is 0. The van der Waals surface area contributed by atoms with Crippen LogP contribution >= 0.6 is 0 Å². The first-order valence-corrected chi connectivity index (χ1v) is 4.17. The van der Waals surface area contributed by atoms with Gasteiger partial charge in [-0.05, 0) is 12.8 Å². The average molecular weight is 143 g/mol. The van der Waals surface area contributed by atoms with E-state index in [1.54, 1.807) is 7.11 Å². The van der Waals surface area contributed by atoms with Crippen molar-refractivity contribution in [2.45, 2.75) is 45.1 Å². The van der Waals surface area contributed by atoms with Crippen molar-refractivity contribution in [3.8, 4) is 0 Å². The van der Waals surface area contributed by atoms with E-state index in [2.05, 4.69) is 13.8 Å². The molecule has 0 aliphatic heterocycles. The summed E-state index contributed by atoms with van der Waals surface area (Å²) in [7, 11) is 1.79. The first-order valence-electron chi connectivity index (χ1n) is 4.17. The number of hydrogen-bond acceptors (Lipinski definition) is 1. The van der Waals surface area contributed by atoms with Crippen molar-refractivity contribution in [3.63, 3.8) is 0 Å². The maximum Gasteiger partial charge on any atom is 0.0568 e. The van der Waals surface area contributed by atoms with Crippen molar-refractivity contribution in [2.75, 3.05) is 7.11 Å². The number of ether oxygens (including phenoxy) is 1. The molecule has 1 unspecified atom stereocenters. The Balaban J connectivity index is 3.09. The lowest BCUT2D eigenvalue weighted by molar-refractivity contribution is 0.0899. The van der Waals surface area contributed by atoms with Gasteiger partial charge in [-0.15, -0.1) is 0 Å². The van der Waals surface area contributed by atoms with Gasteiger partial charge in [0.2, 0.25) is 0 Å². The van der Waals surface area contributed by atoms with E-state index in [9.17, 15) is 0 Å². The third kappa shape index (κ3) is 4.80. The number of methoxy groups -OCH3 is 1. The van der Waals surface area contributed by atoms with Gasteiger partial charge in [0, 0.05) is 7.11 Å². The van der Waals surface area contributed by atoms with Gasteiger partial charge in [0.1, 0.15) is 0 Å². The molecule has 1 atom stereocenters. The summed E-state index contributed by atoms with van der Waals surface area (Å²) in [6.07, 6.45) is 6.36. The van der Waals surface area contributed by atoms with E-state index in [-0.39, 0.29) is 0 Å². The predicted octanol–water partition coefficient (Wildman–Crippen LogP) is 2.81. The van der Waals surface area contributed by atoms with E-state index in [4.69, 9.17) is 4.74 Å². The molecule has 1 heteroatoms. The summed E-state index contributed by atoms with van der Waals surface area (Å²) in [5, 5.41) is 0. The van der Waals surface area contributed by atoms with E-state index < -0.39 is 0 Å². The molecule has 0 aromatic rings. The minimum absolute atomic E-state index is 0.478. The number of unbranched alkanes of at least 4 members (excludes halogenated alkanes) is 2. The van der Waals surface area contributed by atoms with E-state index in [0.29, 0.717) is 6.10 Å². The van der Waals surface area contributed by atoms with Crippen LogP contribution in [0, 0.1) is 6.92 Å². The molecule has 0 saturated carbocycles. The second-order valence-corrected chi connectivity index (χ2v) is 2.62. The van der Waals surface area contributed by atoms with Gasteiger partial charge in [-0.2, -0.15) is 0 Å². The zero-order chi connectivity index (χ0) is 7.82. The molecule has 0 bridgehead atoms. The Kier molecular flexibility index (Phi) is 7.04. The Morgan fingerprint density at radius 3 is 2.50 bits per heavy atom. The molecule has 0 rings (SSSR count). The predicted molar refractivity (Wildman–Crippen MR) is 44.9 cm³/mol. The molecule has 1 radical (unpaired) electrons. The Bertz CT molecular complexity index is 57.7. The lowest BCUT2D eigenvalue weighted by Crippen LogP contribution is -2.07. The van der Waals surface area contributed by atoms with Gasteiger partial charge in [0.15, 0.2) is 0 Å². The molecule has 10 heavy (non-hydrogen) atoms. The molecule has 0 aromatic heterocycles. The van der Waals surface area contributed by atoms with Gasteiger partial charge in [0.25, 0.3) is 0 Å². The fourth-order valence-corrected chi connectivity index (χ4v) is 1.04. The van der Waals surface area contributed by atoms with Crippen LogP contribution in [0.4, 0.5) is 0 Å². The van der Waals surface area contributed by atoms with E-state index in [1.807, 2.05) is 0 Å². The molecular formula is C9H19O. The van der Waals surface area contributed by atoms with Gasteiger partial charge in [-0.1, -0.05) is 33.1 Å². The van der Waals surface area contributed by atoms with Crippen molar-refractivity contribution in [3.05, 3.63) is 6.92 Å². The zero-order valence-corrected chi connectivity index (χ0v) is 7.23. The second kappa shape index (κ2) is 7.07. The van der Waals surface area contributed by atoms with Crippen LogP contribution in [-0.2, 0) is 4.74 Å². The van der Waals surface area contributed by atoms with Gasteiger partial charge >= 0.3 is 0 Å². The molecule has 0 spiro atoms. The smallest absolute Gasteiger partial charge is 0.0568 e. The van der Waals surface area contributed by atoms with E-state index in [1.165, 1.54) is 19.3 Å². The first-order chi connectivity index (χ1) is 4.85. The molecule has 0 aliphatic carbocycles. The number of hydrogen-bond donors (Lipinski definition) is 0. The van der Waals surface area contributed by atoms with Crippen molar-refractivity contribution in [1.29, 1.82) is 0 Å². The largest absolute Gasteiger partial charge is 0.381 e. The summed E-state index contributed by atoms with van der Waals surface area (Å²) in [6.45, 7) is 5.96. The van der Waals surface area contributed by atoms with Crippen LogP contribution in [0.15, 0.2) is 0 Å². The Morgan fingerprint density at radius 1 is 1.40 bits per heavy atom. The highest BCUT2D eigenvalue weighted by atomic mass is 16.5. The van der Waals surface area contributed by atoms with Crippen LogP contribution in [0.25, 0.3) is 0 Å².